The second-order valence-electron chi connectivity index (χ2n) is 7.07. The van der Waals surface area contributed by atoms with E-state index >= 15 is 0 Å². The van der Waals surface area contributed by atoms with E-state index in [2.05, 4.69) is 29.0 Å². The molecule has 0 unspecified atom stereocenters. The number of hydrogen-bond donors (Lipinski definition) is 1. The summed E-state index contributed by atoms with van der Waals surface area (Å²) >= 11 is 5.74. The summed E-state index contributed by atoms with van der Waals surface area (Å²) in [7, 11) is 0. The first-order valence-corrected chi connectivity index (χ1v) is 10.6. The second kappa shape index (κ2) is 10.3. The first kappa shape index (κ1) is 22.6. The average molecular weight is 444 g/mol. The molecule has 0 radical (unpaired) electrons. The van der Waals surface area contributed by atoms with E-state index in [0.717, 1.165) is 35.3 Å². The van der Waals surface area contributed by atoms with Crippen molar-refractivity contribution in [2.75, 3.05) is 24.6 Å². The zero-order chi connectivity index (χ0) is 22.4. The van der Waals surface area contributed by atoms with Gasteiger partial charge in [-0.15, -0.1) is 0 Å². The van der Waals surface area contributed by atoms with Crippen molar-refractivity contribution in [1.82, 2.24) is 10.3 Å². The molecule has 3 rings (SSSR count). The number of aryl methyl sites for hydroxylation is 1. The highest BCUT2D eigenvalue weighted by atomic mass is 35.5. The van der Waals surface area contributed by atoms with E-state index in [0.29, 0.717) is 16.3 Å². The van der Waals surface area contributed by atoms with Crippen molar-refractivity contribution in [3.05, 3.63) is 68.8 Å². The van der Waals surface area contributed by atoms with Gasteiger partial charge >= 0.3 is 11.7 Å². The minimum Gasteiger partial charge on any atom is -0.449 e. The average Bonchev–Trinajstić information content (AvgIpc) is 2.76. The number of benzene rings is 1. The number of halogens is 1. The molecular weight excluding hydrogens is 418 g/mol. The van der Waals surface area contributed by atoms with Gasteiger partial charge in [0.15, 0.2) is 0 Å². The summed E-state index contributed by atoms with van der Waals surface area (Å²) in [6.45, 7) is 8.14. The number of pyridine rings is 1. The maximum absolute atomic E-state index is 12.5. The maximum Gasteiger partial charge on any atom is 0.407 e. The van der Waals surface area contributed by atoms with Gasteiger partial charge in [-0.05, 0) is 50.1 Å². The Bertz CT molecular complexity index is 1110. The van der Waals surface area contributed by atoms with E-state index in [1.54, 1.807) is 18.3 Å². The van der Waals surface area contributed by atoms with Crippen molar-refractivity contribution in [3.8, 4) is 0 Å². The summed E-state index contributed by atoms with van der Waals surface area (Å²) < 4.78 is 10.8. The van der Waals surface area contributed by atoms with Crippen molar-refractivity contribution in [1.29, 1.82) is 0 Å². The summed E-state index contributed by atoms with van der Waals surface area (Å²) in [5, 5.41) is 3.91. The molecule has 0 saturated carbocycles. The van der Waals surface area contributed by atoms with Crippen molar-refractivity contribution in [3.63, 3.8) is 0 Å². The third kappa shape index (κ3) is 5.55. The fourth-order valence-corrected chi connectivity index (χ4v) is 3.55. The van der Waals surface area contributed by atoms with Gasteiger partial charge in [-0.3, -0.25) is 0 Å². The number of ether oxygens (including phenoxy) is 1. The van der Waals surface area contributed by atoms with Gasteiger partial charge in [-0.25, -0.2) is 14.6 Å². The van der Waals surface area contributed by atoms with Gasteiger partial charge < -0.3 is 19.4 Å². The van der Waals surface area contributed by atoms with Crippen LogP contribution < -0.4 is 15.8 Å². The summed E-state index contributed by atoms with van der Waals surface area (Å²) in [5.74, 6) is 0. The van der Waals surface area contributed by atoms with E-state index in [4.69, 9.17) is 20.8 Å². The van der Waals surface area contributed by atoms with Crippen molar-refractivity contribution >= 4 is 34.4 Å². The smallest absolute Gasteiger partial charge is 0.407 e. The molecule has 7 nitrogen and oxygen atoms in total. The van der Waals surface area contributed by atoms with E-state index in [-0.39, 0.29) is 19.6 Å². The fourth-order valence-electron chi connectivity index (χ4n) is 3.44. The molecule has 3 aromatic rings. The van der Waals surface area contributed by atoms with E-state index in [1.807, 2.05) is 25.1 Å². The number of carbonyl (C=O) groups is 1. The van der Waals surface area contributed by atoms with Crippen molar-refractivity contribution < 1.29 is 13.9 Å². The topological polar surface area (TPSA) is 84.7 Å². The summed E-state index contributed by atoms with van der Waals surface area (Å²) in [6, 6.07) is 9.32. The number of alkyl carbamates (subject to hydrolysis) is 1. The van der Waals surface area contributed by atoms with Gasteiger partial charge in [0.05, 0.1) is 6.61 Å². The van der Waals surface area contributed by atoms with Crippen LogP contribution in [0, 0.1) is 6.92 Å². The van der Waals surface area contributed by atoms with Crippen LogP contribution in [0.2, 0.25) is 5.15 Å². The van der Waals surface area contributed by atoms with Crippen LogP contribution >= 0.6 is 11.6 Å². The number of nitrogens with zero attached hydrogens (tertiary/aromatic N) is 2. The molecule has 0 aliphatic carbocycles. The Morgan fingerprint density at radius 3 is 2.68 bits per heavy atom. The third-order valence-electron chi connectivity index (χ3n) is 5.21. The number of hydrogen-bond acceptors (Lipinski definition) is 6. The highest BCUT2D eigenvalue weighted by molar-refractivity contribution is 6.29. The summed E-state index contributed by atoms with van der Waals surface area (Å²) in [6.07, 6.45) is 1.29. The first-order valence-electron chi connectivity index (χ1n) is 10.2. The van der Waals surface area contributed by atoms with Gasteiger partial charge in [0.25, 0.3) is 0 Å². The fraction of sp³-hybridized carbons (Fsp3) is 0.348. The number of nitrogens with one attached hydrogen (secondary N) is 1. The number of aromatic nitrogens is 1. The van der Waals surface area contributed by atoms with Gasteiger partial charge in [0, 0.05) is 55.0 Å². The zero-order valence-corrected chi connectivity index (χ0v) is 18.7. The Morgan fingerprint density at radius 2 is 2.00 bits per heavy atom. The second-order valence-corrected chi connectivity index (χ2v) is 7.46. The Morgan fingerprint density at radius 1 is 1.23 bits per heavy atom. The number of anilines is 1. The zero-order valence-electron chi connectivity index (χ0n) is 17.9. The van der Waals surface area contributed by atoms with Gasteiger partial charge in [-0.1, -0.05) is 17.7 Å². The lowest BCUT2D eigenvalue weighted by Gasteiger charge is -2.21. The lowest BCUT2D eigenvalue weighted by atomic mass is 10.0. The molecule has 8 heteroatoms. The van der Waals surface area contributed by atoms with Gasteiger partial charge in [0.2, 0.25) is 0 Å². The largest absolute Gasteiger partial charge is 0.449 e. The number of carbonyl (C=O) groups excluding carboxylic acids is 1. The highest BCUT2D eigenvalue weighted by Crippen LogP contribution is 2.25. The van der Waals surface area contributed by atoms with Crippen LogP contribution in [0.3, 0.4) is 0 Å². The monoisotopic (exact) mass is 443 g/mol. The summed E-state index contributed by atoms with van der Waals surface area (Å²) in [5.41, 5.74) is 3.33. The van der Waals surface area contributed by atoms with Crippen molar-refractivity contribution in [2.24, 2.45) is 0 Å². The Kier molecular flexibility index (Phi) is 7.52. The molecule has 0 saturated heterocycles. The predicted octanol–water partition coefficient (Wildman–Crippen LogP) is 4.46. The Hall–Kier alpha value is -3.06. The normalized spacial score (nSPS) is 10.8. The quantitative estimate of drug-likeness (QED) is 0.408. The van der Waals surface area contributed by atoms with Crippen LogP contribution in [-0.2, 0) is 17.7 Å². The molecule has 164 valence electrons. The van der Waals surface area contributed by atoms with Crippen LogP contribution in [0.1, 0.15) is 30.5 Å². The molecule has 0 spiro atoms. The van der Waals surface area contributed by atoms with E-state index in [1.165, 1.54) is 0 Å². The summed E-state index contributed by atoms with van der Waals surface area (Å²) in [4.78, 5) is 30.6. The lowest BCUT2D eigenvalue weighted by molar-refractivity contribution is 0.146. The standard InChI is InChI=1S/C23H26ClN3O4/c1-4-27(5-2)17-7-8-18-15(3)19(22(28)31-20(18)12-17)10-11-30-23(29)26-14-16-6-9-21(24)25-13-16/h6-9,12-13H,4-5,10-11,14H2,1-3H3,(H,26,29). The van der Waals surface area contributed by atoms with Crippen LogP contribution in [-0.4, -0.2) is 30.8 Å². The number of rotatable bonds is 8. The molecule has 2 heterocycles. The Balaban J connectivity index is 1.63. The molecule has 0 atom stereocenters. The van der Waals surface area contributed by atoms with Crippen LogP contribution in [0.5, 0.6) is 0 Å². The van der Waals surface area contributed by atoms with Gasteiger partial charge in [0.1, 0.15) is 10.7 Å². The lowest BCUT2D eigenvalue weighted by Crippen LogP contribution is -2.25. The number of fused-ring (bicyclic) bond motifs is 1. The molecule has 0 fully saturated rings. The first-order chi connectivity index (χ1) is 14.9. The minimum absolute atomic E-state index is 0.0688. The van der Waals surface area contributed by atoms with Crippen LogP contribution in [0.25, 0.3) is 11.0 Å². The maximum atomic E-state index is 12.5. The molecule has 0 aliphatic rings. The van der Waals surface area contributed by atoms with Crippen LogP contribution in [0.4, 0.5) is 10.5 Å². The molecule has 31 heavy (non-hydrogen) atoms. The van der Waals surface area contributed by atoms with Gasteiger partial charge in [-0.2, -0.15) is 0 Å². The molecule has 1 amide bonds. The molecule has 1 aromatic carbocycles. The van der Waals surface area contributed by atoms with Crippen LogP contribution in [0.15, 0.2) is 45.7 Å². The van der Waals surface area contributed by atoms with E-state index in [9.17, 15) is 9.59 Å². The highest BCUT2D eigenvalue weighted by Gasteiger charge is 2.14. The predicted molar refractivity (Wildman–Crippen MR) is 122 cm³/mol. The molecule has 1 N–H and O–H groups in total. The van der Waals surface area contributed by atoms with Crippen molar-refractivity contribution in [2.45, 2.75) is 33.7 Å². The third-order valence-corrected chi connectivity index (χ3v) is 5.43. The molecule has 0 bridgehead atoms. The molecule has 2 aromatic heterocycles. The Labute approximate surface area is 186 Å². The molecular formula is C23H26ClN3O4. The minimum atomic E-state index is -0.568. The molecule has 0 aliphatic heterocycles. The number of amides is 1. The van der Waals surface area contributed by atoms with E-state index < -0.39 is 11.7 Å². The SMILES string of the molecule is CCN(CC)c1ccc2c(C)c(CCOC(=O)NCc3ccc(Cl)nc3)c(=O)oc2c1.